The van der Waals surface area contributed by atoms with Crippen molar-refractivity contribution < 1.29 is 19.2 Å². The molecule has 0 fully saturated rings. The van der Waals surface area contributed by atoms with Crippen LogP contribution in [0.5, 0.6) is 0 Å². The highest BCUT2D eigenvalue weighted by Gasteiger charge is 2.18. The SMILES string of the molecule is [B]N([B])C(=O)CN(CC(=O)NCCCCCC(C)=O)CC(=O)N([B])[B]. The summed E-state index contributed by atoms with van der Waals surface area (Å²) in [5.74, 6) is -1.62. The largest absolute Gasteiger partial charge is 0.448 e. The van der Waals surface area contributed by atoms with E-state index < -0.39 is 11.8 Å². The molecule has 3 amide bonds. The van der Waals surface area contributed by atoms with Gasteiger partial charge in [-0.05, 0) is 19.8 Å². The van der Waals surface area contributed by atoms with Crippen LogP contribution < -0.4 is 5.32 Å². The molecule has 8 nitrogen and oxygen atoms in total. The molecule has 0 saturated carbocycles. The smallest absolute Gasteiger partial charge is 0.234 e. The number of Topliss-reactive ketones (excluding diaryl/α,β-unsaturated/α-hetero) is 1. The molecule has 128 valence electrons. The molecule has 0 saturated heterocycles. The fourth-order valence-corrected chi connectivity index (χ4v) is 1.88. The summed E-state index contributed by atoms with van der Waals surface area (Å²) in [6.45, 7) is 1.03. The summed E-state index contributed by atoms with van der Waals surface area (Å²) in [5, 5.41) is 2.67. The quantitative estimate of drug-likeness (QED) is 0.315. The van der Waals surface area contributed by atoms with Crippen molar-refractivity contribution in [2.75, 3.05) is 26.2 Å². The normalized spacial score (nSPS) is 10.3. The van der Waals surface area contributed by atoms with Gasteiger partial charge in [0.25, 0.3) is 0 Å². The molecular weight excluding hydrogens is 319 g/mol. The monoisotopic (exact) mass is 340 g/mol. The highest BCUT2D eigenvalue weighted by atomic mass is 16.2. The van der Waals surface area contributed by atoms with Crippen LogP contribution in [0.2, 0.25) is 0 Å². The van der Waals surface area contributed by atoms with Gasteiger partial charge in [-0.3, -0.25) is 19.3 Å². The molecule has 8 radical (unpaired) electrons. The molecule has 0 aliphatic rings. The van der Waals surface area contributed by atoms with Crippen LogP contribution in [0, 0.1) is 0 Å². The van der Waals surface area contributed by atoms with Crippen molar-refractivity contribution >= 4 is 55.4 Å². The van der Waals surface area contributed by atoms with Gasteiger partial charge >= 0.3 is 0 Å². The van der Waals surface area contributed by atoms with Crippen LogP contribution in [0.25, 0.3) is 0 Å². The van der Waals surface area contributed by atoms with Crippen LogP contribution in [-0.2, 0) is 19.2 Å². The number of hydrogen-bond acceptors (Lipinski definition) is 5. The van der Waals surface area contributed by atoms with E-state index in [9.17, 15) is 19.2 Å². The van der Waals surface area contributed by atoms with Crippen LogP contribution in [0.1, 0.15) is 32.6 Å². The minimum Gasteiger partial charge on any atom is -0.448 e. The average molecular weight is 340 g/mol. The van der Waals surface area contributed by atoms with Crippen LogP contribution in [0.15, 0.2) is 0 Å². The molecule has 0 aromatic carbocycles. The highest BCUT2D eigenvalue weighted by Crippen LogP contribution is 1.99. The van der Waals surface area contributed by atoms with E-state index in [2.05, 4.69) is 5.32 Å². The Labute approximate surface area is 153 Å². The fourth-order valence-electron chi connectivity index (χ4n) is 1.88. The molecular formula is C13H20B4N4O4. The van der Waals surface area contributed by atoms with E-state index in [1.807, 2.05) is 0 Å². The van der Waals surface area contributed by atoms with Gasteiger partial charge in [0.1, 0.15) is 5.78 Å². The Hall–Kier alpha value is -1.70. The number of carbonyl (C=O) groups excluding carboxylic acids is 4. The van der Waals surface area contributed by atoms with E-state index in [4.69, 9.17) is 31.9 Å². The zero-order valence-corrected chi connectivity index (χ0v) is 14.4. The Bertz CT molecular complexity index is 455. The Balaban J connectivity index is 4.32. The first-order valence-corrected chi connectivity index (χ1v) is 7.76. The molecule has 0 spiro atoms. The molecule has 0 aromatic rings. The third-order valence-corrected chi connectivity index (χ3v) is 3.19. The molecule has 0 bridgehead atoms. The minimum absolute atomic E-state index is 0.136. The van der Waals surface area contributed by atoms with Crippen LogP contribution in [0.3, 0.4) is 0 Å². The lowest BCUT2D eigenvalue weighted by atomic mass is 10.1. The lowest BCUT2D eigenvalue weighted by Crippen LogP contribution is -2.47. The van der Waals surface area contributed by atoms with Crippen molar-refractivity contribution in [2.45, 2.75) is 32.6 Å². The van der Waals surface area contributed by atoms with Gasteiger partial charge in [-0.2, -0.15) is 0 Å². The van der Waals surface area contributed by atoms with Crippen molar-refractivity contribution in [1.29, 1.82) is 0 Å². The second-order valence-electron chi connectivity index (χ2n) is 5.61. The van der Waals surface area contributed by atoms with Crippen molar-refractivity contribution in [1.82, 2.24) is 19.7 Å². The predicted octanol–water partition coefficient (Wildman–Crippen LogP) is -2.45. The fraction of sp³-hybridized carbons (Fsp3) is 0.692. The van der Waals surface area contributed by atoms with Gasteiger partial charge in [-0.25, -0.2) is 0 Å². The summed E-state index contributed by atoms with van der Waals surface area (Å²) < 4.78 is 0.736. The minimum atomic E-state index is -0.689. The van der Waals surface area contributed by atoms with Crippen molar-refractivity contribution in [3.05, 3.63) is 0 Å². The highest BCUT2D eigenvalue weighted by molar-refractivity contribution is 6.35. The molecule has 0 rings (SSSR count). The van der Waals surface area contributed by atoms with E-state index in [0.29, 0.717) is 22.4 Å². The number of hydrogen-bond donors (Lipinski definition) is 1. The van der Waals surface area contributed by atoms with E-state index >= 15 is 0 Å². The van der Waals surface area contributed by atoms with Gasteiger partial charge in [-0.15, -0.1) is 0 Å². The first-order valence-electron chi connectivity index (χ1n) is 7.76. The molecule has 0 unspecified atom stereocenters. The van der Waals surface area contributed by atoms with Gasteiger partial charge < -0.3 is 19.6 Å². The number of carbonyl (C=O) groups is 4. The standard InChI is InChI=1S/C13H20B4N4O4/c1-10(22)5-3-2-4-6-18-11(23)7-19(8-12(24)20(14)15)9-13(25)21(16)17/h2-9H2,1H3,(H,18,23). The maximum atomic E-state index is 11.9. The predicted molar refractivity (Wildman–Crippen MR) is 95.3 cm³/mol. The summed E-state index contributed by atoms with van der Waals surface area (Å²) in [4.78, 5) is 47.1. The lowest BCUT2D eigenvalue weighted by molar-refractivity contribution is -0.129. The van der Waals surface area contributed by atoms with Gasteiger partial charge in [0.15, 0.2) is 0 Å². The maximum Gasteiger partial charge on any atom is 0.234 e. The molecule has 0 atom stereocenters. The average Bonchev–Trinajstić information content (AvgIpc) is 2.49. The van der Waals surface area contributed by atoms with Gasteiger partial charge in [0.05, 0.1) is 19.6 Å². The summed E-state index contributed by atoms with van der Waals surface area (Å²) in [5.41, 5.74) is 0. The summed E-state index contributed by atoms with van der Waals surface area (Å²) in [7, 11) is 20.5. The third kappa shape index (κ3) is 12.3. The summed E-state index contributed by atoms with van der Waals surface area (Å²) >= 11 is 0. The molecule has 0 aromatic heterocycles. The van der Waals surface area contributed by atoms with E-state index in [1.54, 1.807) is 0 Å². The van der Waals surface area contributed by atoms with Crippen LogP contribution in [0.4, 0.5) is 0 Å². The Morgan fingerprint density at radius 1 is 0.800 bits per heavy atom. The van der Waals surface area contributed by atoms with E-state index in [1.165, 1.54) is 11.8 Å². The summed E-state index contributed by atoms with van der Waals surface area (Å²) in [6.07, 6.45) is 2.82. The molecule has 12 heteroatoms. The van der Waals surface area contributed by atoms with Crippen molar-refractivity contribution in [3.63, 3.8) is 0 Å². The van der Waals surface area contributed by atoms with E-state index in [-0.39, 0.29) is 31.3 Å². The molecule has 25 heavy (non-hydrogen) atoms. The Morgan fingerprint density at radius 2 is 1.32 bits per heavy atom. The van der Waals surface area contributed by atoms with Gasteiger partial charge in [0, 0.05) is 13.0 Å². The van der Waals surface area contributed by atoms with E-state index in [0.717, 1.165) is 19.3 Å². The Morgan fingerprint density at radius 3 is 1.76 bits per heavy atom. The lowest BCUT2D eigenvalue weighted by Gasteiger charge is -2.24. The van der Waals surface area contributed by atoms with Crippen molar-refractivity contribution in [2.24, 2.45) is 0 Å². The second kappa shape index (κ2) is 12.6. The Kier molecular flexibility index (Phi) is 11.8. The van der Waals surface area contributed by atoms with Crippen LogP contribution >= 0.6 is 0 Å². The van der Waals surface area contributed by atoms with Gasteiger partial charge in [-0.1, -0.05) is 6.42 Å². The number of nitrogens with zero attached hydrogens (tertiary/aromatic N) is 3. The second-order valence-corrected chi connectivity index (χ2v) is 5.61. The molecule has 0 aliphatic carbocycles. The number of amides is 3. The number of ketones is 1. The molecule has 1 N–H and O–H groups in total. The zero-order valence-electron chi connectivity index (χ0n) is 14.4. The number of rotatable bonds is 12. The van der Waals surface area contributed by atoms with Gasteiger partial charge in [0.2, 0.25) is 49.6 Å². The molecule has 0 heterocycles. The maximum absolute atomic E-state index is 11.9. The summed E-state index contributed by atoms with van der Waals surface area (Å²) in [6, 6.07) is 0. The number of nitrogens with one attached hydrogen (secondary N) is 1. The third-order valence-electron chi connectivity index (χ3n) is 3.19. The topological polar surface area (TPSA) is 90.0 Å². The first-order chi connectivity index (χ1) is 11.6. The van der Waals surface area contributed by atoms with Crippen molar-refractivity contribution in [3.8, 4) is 0 Å². The number of unbranched alkanes of at least 4 members (excludes halogenated alkanes) is 2. The van der Waals surface area contributed by atoms with Crippen LogP contribution in [-0.4, -0.2) is 96.0 Å². The first kappa shape index (κ1) is 23.3. The molecule has 0 aliphatic heterocycles. The zero-order chi connectivity index (χ0) is 19.4.